The van der Waals surface area contributed by atoms with Crippen LogP contribution in [0.5, 0.6) is 11.5 Å². The second-order valence-corrected chi connectivity index (χ2v) is 3.81. The van der Waals surface area contributed by atoms with Crippen LogP contribution in [0.2, 0.25) is 0 Å². The lowest BCUT2D eigenvalue weighted by Gasteiger charge is -2.20. The minimum Gasteiger partial charge on any atom is -0.504 e. The standard InChI is InChI=1S/C12H19NO2/c1-4-8(2)11(13)9-6-5-7-10(15-3)12(9)14/h5-8,11,14H,4,13H2,1-3H3/t8?,11-/m1/s1. The molecule has 0 spiro atoms. The van der Waals surface area contributed by atoms with Crippen molar-refractivity contribution in [2.24, 2.45) is 11.7 Å². The Morgan fingerprint density at radius 2 is 2.13 bits per heavy atom. The summed E-state index contributed by atoms with van der Waals surface area (Å²) in [4.78, 5) is 0. The third kappa shape index (κ3) is 2.42. The van der Waals surface area contributed by atoms with Crippen molar-refractivity contribution in [1.82, 2.24) is 0 Å². The van der Waals surface area contributed by atoms with E-state index in [1.165, 1.54) is 7.11 Å². The van der Waals surface area contributed by atoms with Crippen LogP contribution >= 0.6 is 0 Å². The van der Waals surface area contributed by atoms with Crippen LogP contribution in [0.3, 0.4) is 0 Å². The van der Waals surface area contributed by atoms with Gasteiger partial charge in [0.2, 0.25) is 0 Å². The number of hydrogen-bond acceptors (Lipinski definition) is 3. The number of phenolic OH excluding ortho intramolecular Hbond substituents is 1. The molecular formula is C12H19NO2. The minimum absolute atomic E-state index is 0.148. The lowest BCUT2D eigenvalue weighted by molar-refractivity contribution is 0.361. The molecule has 1 rings (SSSR count). The second kappa shape index (κ2) is 5.03. The Morgan fingerprint density at radius 3 is 2.67 bits per heavy atom. The highest BCUT2D eigenvalue weighted by atomic mass is 16.5. The first-order chi connectivity index (χ1) is 7.11. The Morgan fingerprint density at radius 1 is 1.47 bits per heavy atom. The molecule has 0 heterocycles. The zero-order chi connectivity index (χ0) is 11.4. The van der Waals surface area contributed by atoms with Crippen LogP contribution in [-0.4, -0.2) is 12.2 Å². The number of nitrogens with two attached hydrogens (primary N) is 1. The van der Waals surface area contributed by atoms with E-state index in [1.54, 1.807) is 6.07 Å². The quantitative estimate of drug-likeness (QED) is 0.800. The topological polar surface area (TPSA) is 55.5 Å². The summed E-state index contributed by atoms with van der Waals surface area (Å²) in [7, 11) is 1.54. The Kier molecular flexibility index (Phi) is 3.97. The molecule has 3 heteroatoms. The van der Waals surface area contributed by atoms with E-state index in [2.05, 4.69) is 13.8 Å². The fourth-order valence-electron chi connectivity index (χ4n) is 1.53. The molecule has 1 aromatic rings. The molecular weight excluding hydrogens is 190 g/mol. The van der Waals surface area contributed by atoms with Crippen molar-refractivity contribution >= 4 is 0 Å². The highest BCUT2D eigenvalue weighted by molar-refractivity contribution is 5.46. The Hall–Kier alpha value is -1.22. The maximum atomic E-state index is 9.90. The molecule has 1 unspecified atom stereocenters. The van der Waals surface area contributed by atoms with Crippen molar-refractivity contribution in [3.63, 3.8) is 0 Å². The Bertz CT molecular complexity index is 325. The van der Waals surface area contributed by atoms with Crippen LogP contribution in [-0.2, 0) is 0 Å². The molecule has 0 aliphatic rings. The van der Waals surface area contributed by atoms with Gasteiger partial charge < -0.3 is 15.6 Å². The van der Waals surface area contributed by atoms with Gasteiger partial charge in [0, 0.05) is 11.6 Å². The van der Waals surface area contributed by atoms with E-state index >= 15 is 0 Å². The first kappa shape index (κ1) is 11.9. The van der Waals surface area contributed by atoms with Gasteiger partial charge >= 0.3 is 0 Å². The van der Waals surface area contributed by atoms with Gasteiger partial charge in [0.05, 0.1) is 7.11 Å². The normalized spacial score (nSPS) is 14.7. The molecule has 0 saturated heterocycles. The fraction of sp³-hybridized carbons (Fsp3) is 0.500. The smallest absolute Gasteiger partial charge is 0.162 e. The molecule has 1 aromatic carbocycles. The van der Waals surface area contributed by atoms with E-state index < -0.39 is 0 Å². The molecule has 2 atom stereocenters. The lowest BCUT2D eigenvalue weighted by atomic mass is 9.92. The van der Waals surface area contributed by atoms with E-state index in [-0.39, 0.29) is 11.8 Å². The van der Waals surface area contributed by atoms with E-state index in [1.807, 2.05) is 12.1 Å². The molecule has 15 heavy (non-hydrogen) atoms. The van der Waals surface area contributed by atoms with Gasteiger partial charge in [0.1, 0.15) is 0 Å². The third-order valence-electron chi connectivity index (χ3n) is 2.87. The Labute approximate surface area is 90.9 Å². The van der Waals surface area contributed by atoms with Crippen LogP contribution in [0.15, 0.2) is 18.2 Å². The van der Waals surface area contributed by atoms with Crippen molar-refractivity contribution in [2.45, 2.75) is 26.3 Å². The minimum atomic E-state index is -0.148. The number of rotatable bonds is 4. The van der Waals surface area contributed by atoms with Gasteiger partial charge in [0.15, 0.2) is 11.5 Å². The van der Waals surface area contributed by atoms with Gasteiger partial charge in [-0.1, -0.05) is 32.4 Å². The molecule has 0 saturated carbocycles. The first-order valence-corrected chi connectivity index (χ1v) is 5.23. The summed E-state index contributed by atoms with van der Waals surface area (Å²) in [5.41, 5.74) is 6.81. The summed E-state index contributed by atoms with van der Waals surface area (Å²) in [6, 6.07) is 5.26. The number of phenols is 1. The molecule has 0 aliphatic heterocycles. The van der Waals surface area contributed by atoms with Crippen LogP contribution < -0.4 is 10.5 Å². The third-order valence-corrected chi connectivity index (χ3v) is 2.87. The van der Waals surface area contributed by atoms with Crippen molar-refractivity contribution in [2.75, 3.05) is 7.11 Å². The zero-order valence-electron chi connectivity index (χ0n) is 9.53. The molecule has 0 amide bonds. The Balaban J connectivity index is 3.03. The van der Waals surface area contributed by atoms with Crippen LogP contribution in [0.1, 0.15) is 31.9 Å². The summed E-state index contributed by atoms with van der Waals surface area (Å²) < 4.78 is 5.04. The first-order valence-electron chi connectivity index (χ1n) is 5.23. The van der Waals surface area contributed by atoms with Crippen LogP contribution in [0.25, 0.3) is 0 Å². The molecule has 0 radical (unpaired) electrons. The summed E-state index contributed by atoms with van der Waals surface area (Å²) in [5, 5.41) is 9.90. The van der Waals surface area contributed by atoms with Gasteiger partial charge in [-0.2, -0.15) is 0 Å². The van der Waals surface area contributed by atoms with Crippen molar-refractivity contribution in [1.29, 1.82) is 0 Å². The summed E-state index contributed by atoms with van der Waals surface area (Å²) in [6.45, 7) is 4.16. The van der Waals surface area contributed by atoms with Crippen LogP contribution in [0, 0.1) is 5.92 Å². The average Bonchev–Trinajstić information content (AvgIpc) is 2.27. The van der Waals surface area contributed by atoms with Crippen molar-refractivity contribution in [3.05, 3.63) is 23.8 Å². The molecule has 0 bridgehead atoms. The van der Waals surface area contributed by atoms with E-state index in [0.717, 1.165) is 12.0 Å². The molecule has 3 N–H and O–H groups in total. The number of methoxy groups -OCH3 is 1. The van der Waals surface area contributed by atoms with Gasteiger partial charge in [0.25, 0.3) is 0 Å². The molecule has 3 nitrogen and oxygen atoms in total. The van der Waals surface area contributed by atoms with Gasteiger partial charge in [-0.25, -0.2) is 0 Å². The van der Waals surface area contributed by atoms with E-state index in [9.17, 15) is 5.11 Å². The van der Waals surface area contributed by atoms with Crippen molar-refractivity contribution in [3.8, 4) is 11.5 Å². The lowest BCUT2D eigenvalue weighted by Crippen LogP contribution is -2.18. The maximum Gasteiger partial charge on any atom is 0.162 e. The molecule has 0 aliphatic carbocycles. The monoisotopic (exact) mass is 209 g/mol. The largest absolute Gasteiger partial charge is 0.504 e. The summed E-state index contributed by atoms with van der Waals surface area (Å²) in [5.74, 6) is 0.974. The number of hydrogen-bond donors (Lipinski definition) is 2. The van der Waals surface area contributed by atoms with Crippen molar-refractivity contribution < 1.29 is 9.84 Å². The summed E-state index contributed by atoms with van der Waals surface area (Å²) >= 11 is 0. The average molecular weight is 209 g/mol. The number of para-hydroxylation sites is 1. The molecule has 84 valence electrons. The molecule has 0 aromatic heterocycles. The maximum absolute atomic E-state index is 9.90. The zero-order valence-corrected chi connectivity index (χ0v) is 9.53. The van der Waals surface area contributed by atoms with E-state index in [0.29, 0.717) is 11.7 Å². The second-order valence-electron chi connectivity index (χ2n) is 3.81. The highest BCUT2D eigenvalue weighted by Gasteiger charge is 2.18. The van der Waals surface area contributed by atoms with Gasteiger partial charge in [-0.15, -0.1) is 0 Å². The van der Waals surface area contributed by atoms with Gasteiger partial charge in [-0.05, 0) is 12.0 Å². The number of aromatic hydroxyl groups is 1. The predicted octanol–water partition coefficient (Wildman–Crippen LogP) is 2.45. The number of benzene rings is 1. The highest BCUT2D eigenvalue weighted by Crippen LogP contribution is 2.35. The van der Waals surface area contributed by atoms with Gasteiger partial charge in [-0.3, -0.25) is 0 Å². The SMILES string of the molecule is CCC(C)[C@@H](N)c1cccc(OC)c1O. The van der Waals surface area contributed by atoms with Crippen LogP contribution in [0.4, 0.5) is 0 Å². The summed E-state index contributed by atoms with van der Waals surface area (Å²) in [6.07, 6.45) is 0.984. The van der Waals surface area contributed by atoms with E-state index in [4.69, 9.17) is 10.5 Å². The predicted molar refractivity (Wildman–Crippen MR) is 61.0 cm³/mol. The fourth-order valence-corrected chi connectivity index (χ4v) is 1.53. The number of ether oxygens (including phenoxy) is 1. The molecule has 0 fully saturated rings.